The summed E-state index contributed by atoms with van der Waals surface area (Å²) in [7, 11) is 0. The van der Waals surface area contributed by atoms with Gasteiger partial charge >= 0.3 is 12.0 Å². The summed E-state index contributed by atoms with van der Waals surface area (Å²) in [6.45, 7) is 1.28. The number of nitrogens with two attached hydrogens (primary N) is 1. The molecule has 0 aromatic heterocycles. The number of hydrogen-bond acceptors (Lipinski definition) is 3. The van der Waals surface area contributed by atoms with Crippen LogP contribution in [0.5, 0.6) is 0 Å². The molecule has 3 unspecified atom stereocenters. The molecule has 0 aromatic carbocycles. The highest BCUT2D eigenvalue weighted by Gasteiger charge is 2.33. The van der Waals surface area contributed by atoms with Gasteiger partial charge in [0.1, 0.15) is 0 Å². The van der Waals surface area contributed by atoms with Gasteiger partial charge in [-0.2, -0.15) is 0 Å². The normalized spacial score (nSPS) is 31.8. The Morgan fingerprint density at radius 1 is 1.16 bits per heavy atom. The van der Waals surface area contributed by atoms with Gasteiger partial charge in [-0.05, 0) is 25.7 Å². The molecule has 19 heavy (non-hydrogen) atoms. The first-order chi connectivity index (χ1) is 9.08. The van der Waals surface area contributed by atoms with Crippen LogP contribution in [-0.4, -0.2) is 47.2 Å². The van der Waals surface area contributed by atoms with Crippen molar-refractivity contribution in [2.75, 3.05) is 13.1 Å². The number of likely N-dealkylation sites (tertiary alicyclic amines) is 1. The zero-order valence-electron chi connectivity index (χ0n) is 11.2. The summed E-state index contributed by atoms with van der Waals surface area (Å²) in [5.41, 5.74) is 5.86. The van der Waals surface area contributed by atoms with Crippen molar-refractivity contribution in [3.63, 3.8) is 0 Å². The summed E-state index contributed by atoms with van der Waals surface area (Å²) in [5, 5.41) is 12.1. The fourth-order valence-corrected chi connectivity index (χ4v) is 3.04. The SMILES string of the molecule is NC1CCCN(C(=O)NC2CCCCC2C(=O)O)C1. The second kappa shape index (κ2) is 6.23. The van der Waals surface area contributed by atoms with E-state index in [0.717, 1.165) is 32.1 Å². The molecule has 0 aromatic rings. The van der Waals surface area contributed by atoms with Crippen LogP contribution >= 0.6 is 0 Å². The van der Waals surface area contributed by atoms with E-state index in [1.807, 2.05) is 0 Å². The van der Waals surface area contributed by atoms with Gasteiger partial charge in [0.25, 0.3) is 0 Å². The van der Waals surface area contributed by atoms with Crippen molar-refractivity contribution in [3.05, 3.63) is 0 Å². The molecule has 108 valence electrons. The molecular formula is C13H23N3O3. The molecule has 2 rings (SSSR count). The predicted octanol–water partition coefficient (Wildman–Crippen LogP) is 0.762. The third-order valence-electron chi connectivity index (χ3n) is 4.14. The Morgan fingerprint density at radius 2 is 1.89 bits per heavy atom. The van der Waals surface area contributed by atoms with E-state index in [2.05, 4.69) is 5.32 Å². The molecule has 0 spiro atoms. The monoisotopic (exact) mass is 269 g/mol. The van der Waals surface area contributed by atoms with E-state index in [4.69, 9.17) is 5.73 Å². The Bertz CT molecular complexity index is 348. The molecule has 1 saturated heterocycles. The van der Waals surface area contributed by atoms with Crippen molar-refractivity contribution < 1.29 is 14.7 Å². The third-order valence-corrected chi connectivity index (χ3v) is 4.14. The molecule has 1 aliphatic heterocycles. The van der Waals surface area contributed by atoms with Gasteiger partial charge in [0.05, 0.1) is 5.92 Å². The highest BCUT2D eigenvalue weighted by Crippen LogP contribution is 2.25. The standard InChI is InChI=1S/C13H23N3O3/c14-9-4-3-7-16(8-9)13(19)15-11-6-2-1-5-10(11)12(17)18/h9-11H,1-8,14H2,(H,15,19)(H,17,18). The van der Waals surface area contributed by atoms with Crippen LogP contribution in [0.2, 0.25) is 0 Å². The van der Waals surface area contributed by atoms with Crippen LogP contribution in [0.4, 0.5) is 4.79 Å². The van der Waals surface area contributed by atoms with E-state index in [-0.39, 0.29) is 18.1 Å². The Hall–Kier alpha value is -1.30. The second-order valence-electron chi connectivity index (χ2n) is 5.63. The number of hydrogen-bond donors (Lipinski definition) is 3. The molecule has 2 amide bonds. The molecule has 1 heterocycles. The maximum absolute atomic E-state index is 12.1. The van der Waals surface area contributed by atoms with Crippen molar-refractivity contribution in [2.45, 2.75) is 50.6 Å². The number of carbonyl (C=O) groups excluding carboxylic acids is 1. The van der Waals surface area contributed by atoms with Gasteiger partial charge in [-0.15, -0.1) is 0 Å². The zero-order chi connectivity index (χ0) is 13.8. The van der Waals surface area contributed by atoms with Gasteiger partial charge in [0, 0.05) is 25.2 Å². The quantitative estimate of drug-likeness (QED) is 0.689. The van der Waals surface area contributed by atoms with Gasteiger partial charge in [-0.3, -0.25) is 4.79 Å². The number of urea groups is 1. The van der Waals surface area contributed by atoms with E-state index in [1.54, 1.807) is 4.90 Å². The Balaban J connectivity index is 1.91. The van der Waals surface area contributed by atoms with E-state index in [0.29, 0.717) is 19.5 Å². The minimum Gasteiger partial charge on any atom is -0.481 e. The molecule has 6 nitrogen and oxygen atoms in total. The van der Waals surface area contributed by atoms with Crippen molar-refractivity contribution in [1.29, 1.82) is 0 Å². The number of carboxylic acid groups (broad SMARTS) is 1. The van der Waals surface area contributed by atoms with Crippen molar-refractivity contribution in [3.8, 4) is 0 Å². The van der Waals surface area contributed by atoms with Crippen molar-refractivity contribution in [2.24, 2.45) is 11.7 Å². The highest BCUT2D eigenvalue weighted by atomic mass is 16.4. The van der Waals surface area contributed by atoms with Gasteiger partial charge < -0.3 is 21.1 Å². The predicted molar refractivity (Wildman–Crippen MR) is 70.7 cm³/mol. The lowest BCUT2D eigenvalue weighted by Gasteiger charge is -2.35. The Kier molecular flexibility index (Phi) is 4.63. The van der Waals surface area contributed by atoms with Crippen molar-refractivity contribution in [1.82, 2.24) is 10.2 Å². The lowest BCUT2D eigenvalue weighted by molar-refractivity contribution is -0.143. The number of nitrogens with one attached hydrogen (secondary N) is 1. The number of rotatable bonds is 2. The van der Waals surface area contributed by atoms with Crippen LogP contribution < -0.4 is 11.1 Å². The largest absolute Gasteiger partial charge is 0.481 e. The minimum absolute atomic E-state index is 0.0427. The molecular weight excluding hydrogens is 246 g/mol. The average Bonchev–Trinajstić information content (AvgIpc) is 2.39. The highest BCUT2D eigenvalue weighted by molar-refractivity contribution is 5.77. The maximum atomic E-state index is 12.1. The summed E-state index contributed by atoms with van der Waals surface area (Å²) >= 11 is 0. The van der Waals surface area contributed by atoms with Crippen LogP contribution in [0.1, 0.15) is 38.5 Å². The van der Waals surface area contributed by atoms with Gasteiger partial charge in [0.15, 0.2) is 0 Å². The first kappa shape index (κ1) is 14.1. The van der Waals surface area contributed by atoms with Crippen LogP contribution in [0, 0.1) is 5.92 Å². The summed E-state index contributed by atoms with van der Waals surface area (Å²) in [4.78, 5) is 25.0. The summed E-state index contributed by atoms with van der Waals surface area (Å²) < 4.78 is 0. The van der Waals surface area contributed by atoms with E-state index in [1.165, 1.54) is 0 Å². The first-order valence-corrected chi connectivity index (χ1v) is 7.11. The lowest BCUT2D eigenvalue weighted by atomic mass is 9.84. The third kappa shape index (κ3) is 3.59. The molecule has 6 heteroatoms. The summed E-state index contributed by atoms with van der Waals surface area (Å²) in [6, 6.07) is -0.355. The van der Waals surface area contributed by atoms with E-state index >= 15 is 0 Å². The van der Waals surface area contributed by atoms with Gasteiger partial charge in [-0.1, -0.05) is 12.8 Å². The molecule has 1 aliphatic carbocycles. The minimum atomic E-state index is -0.805. The fraction of sp³-hybridized carbons (Fsp3) is 0.846. The number of aliphatic carboxylic acids is 1. The van der Waals surface area contributed by atoms with Crippen LogP contribution in [0.3, 0.4) is 0 Å². The smallest absolute Gasteiger partial charge is 0.317 e. The number of piperidine rings is 1. The van der Waals surface area contributed by atoms with Crippen molar-refractivity contribution >= 4 is 12.0 Å². The van der Waals surface area contributed by atoms with E-state index < -0.39 is 11.9 Å². The van der Waals surface area contributed by atoms with Crippen LogP contribution in [0.25, 0.3) is 0 Å². The van der Waals surface area contributed by atoms with Crippen LogP contribution in [0.15, 0.2) is 0 Å². The lowest BCUT2D eigenvalue weighted by Crippen LogP contribution is -2.54. The second-order valence-corrected chi connectivity index (χ2v) is 5.63. The van der Waals surface area contributed by atoms with Gasteiger partial charge in [0.2, 0.25) is 0 Å². The summed E-state index contributed by atoms with van der Waals surface area (Å²) in [6.07, 6.45) is 5.18. The molecule has 3 atom stereocenters. The number of amides is 2. The molecule has 0 radical (unpaired) electrons. The average molecular weight is 269 g/mol. The number of nitrogens with zero attached hydrogens (tertiary/aromatic N) is 1. The zero-order valence-corrected chi connectivity index (χ0v) is 11.2. The van der Waals surface area contributed by atoms with E-state index in [9.17, 15) is 14.7 Å². The fourth-order valence-electron chi connectivity index (χ4n) is 3.04. The maximum Gasteiger partial charge on any atom is 0.317 e. The molecule has 4 N–H and O–H groups in total. The molecule has 2 aliphatic rings. The molecule has 2 fully saturated rings. The molecule has 0 bridgehead atoms. The Labute approximate surface area is 113 Å². The number of carbonyl (C=O) groups is 2. The topological polar surface area (TPSA) is 95.7 Å². The first-order valence-electron chi connectivity index (χ1n) is 7.11. The summed E-state index contributed by atoms with van der Waals surface area (Å²) in [5.74, 6) is -1.25. The van der Waals surface area contributed by atoms with Crippen LogP contribution in [-0.2, 0) is 4.79 Å². The number of carboxylic acids is 1. The van der Waals surface area contributed by atoms with Gasteiger partial charge in [-0.25, -0.2) is 4.79 Å². The Morgan fingerprint density at radius 3 is 2.58 bits per heavy atom. The molecule has 1 saturated carbocycles.